The number of hydrogen-bond acceptors (Lipinski definition) is 2. The SMILES string of the molecule is O=C(C1CCCC1)N1CCC(C2(C(=O)Nc3c(F)cc(-c4ccccc4)cc3F)CC2)CC1. The Bertz CT molecular complexity index is 1010. The van der Waals surface area contributed by atoms with Gasteiger partial charge in [0.1, 0.15) is 17.3 Å². The van der Waals surface area contributed by atoms with Crippen LogP contribution in [0.2, 0.25) is 0 Å². The van der Waals surface area contributed by atoms with Crippen LogP contribution < -0.4 is 5.32 Å². The van der Waals surface area contributed by atoms with Crippen molar-refractivity contribution in [3.8, 4) is 11.1 Å². The standard InChI is InChI=1S/C27H30F2N2O2/c28-22-16-20(18-6-2-1-3-7-18)17-23(29)24(22)30-26(33)27(12-13-27)21-10-14-31(15-11-21)25(32)19-8-4-5-9-19/h1-3,6-7,16-17,19,21H,4-5,8-15H2,(H,30,33). The minimum Gasteiger partial charge on any atom is -0.342 e. The molecule has 2 saturated carbocycles. The zero-order chi connectivity index (χ0) is 23.0. The van der Waals surface area contributed by atoms with Gasteiger partial charge in [-0.2, -0.15) is 0 Å². The van der Waals surface area contributed by atoms with Crippen LogP contribution in [-0.2, 0) is 9.59 Å². The smallest absolute Gasteiger partial charge is 0.231 e. The van der Waals surface area contributed by atoms with Gasteiger partial charge in [-0.05, 0) is 67.7 Å². The molecule has 2 aromatic rings. The van der Waals surface area contributed by atoms with Gasteiger partial charge in [0.25, 0.3) is 0 Å². The third-order valence-corrected chi connectivity index (χ3v) is 7.92. The Hall–Kier alpha value is -2.76. The number of carbonyl (C=O) groups is 2. The van der Waals surface area contributed by atoms with E-state index in [0.29, 0.717) is 24.2 Å². The summed E-state index contributed by atoms with van der Waals surface area (Å²) in [5, 5.41) is 2.57. The number of nitrogens with one attached hydrogen (secondary N) is 1. The lowest BCUT2D eigenvalue weighted by Gasteiger charge is -2.37. The number of hydrogen-bond donors (Lipinski definition) is 1. The number of anilines is 1. The molecule has 0 unspecified atom stereocenters. The van der Waals surface area contributed by atoms with Crippen LogP contribution >= 0.6 is 0 Å². The van der Waals surface area contributed by atoms with Crippen LogP contribution in [0.25, 0.3) is 11.1 Å². The van der Waals surface area contributed by atoms with Gasteiger partial charge in [0, 0.05) is 19.0 Å². The minimum absolute atomic E-state index is 0.139. The van der Waals surface area contributed by atoms with Crippen molar-refractivity contribution in [2.24, 2.45) is 17.3 Å². The molecular formula is C27H30F2N2O2. The first-order chi connectivity index (χ1) is 16.0. The van der Waals surface area contributed by atoms with Gasteiger partial charge in [-0.3, -0.25) is 9.59 Å². The second-order valence-corrected chi connectivity index (χ2v) is 9.87. The van der Waals surface area contributed by atoms with Gasteiger partial charge < -0.3 is 10.2 Å². The quantitative estimate of drug-likeness (QED) is 0.625. The van der Waals surface area contributed by atoms with E-state index in [1.54, 1.807) is 12.1 Å². The first-order valence-corrected chi connectivity index (χ1v) is 12.1. The van der Waals surface area contributed by atoms with Crippen LogP contribution in [0.15, 0.2) is 42.5 Å². The fourth-order valence-electron chi connectivity index (χ4n) is 5.77. The fourth-order valence-corrected chi connectivity index (χ4v) is 5.77. The molecule has 174 valence electrons. The van der Waals surface area contributed by atoms with E-state index >= 15 is 0 Å². The Balaban J connectivity index is 1.24. The van der Waals surface area contributed by atoms with E-state index < -0.39 is 17.0 Å². The highest BCUT2D eigenvalue weighted by Gasteiger charge is 2.56. The average molecular weight is 453 g/mol. The van der Waals surface area contributed by atoms with Crippen molar-refractivity contribution in [2.45, 2.75) is 51.4 Å². The summed E-state index contributed by atoms with van der Waals surface area (Å²) >= 11 is 0. The predicted octanol–water partition coefficient (Wildman–Crippen LogP) is 5.78. The van der Waals surface area contributed by atoms with Crippen LogP contribution in [-0.4, -0.2) is 29.8 Å². The summed E-state index contributed by atoms with van der Waals surface area (Å²) in [6.45, 7) is 1.34. The molecule has 0 aromatic heterocycles. The van der Waals surface area contributed by atoms with E-state index in [1.165, 1.54) is 12.1 Å². The highest BCUT2D eigenvalue weighted by atomic mass is 19.1. The second-order valence-electron chi connectivity index (χ2n) is 9.87. The van der Waals surface area contributed by atoms with Gasteiger partial charge in [-0.1, -0.05) is 43.2 Å². The Morgan fingerprint density at radius 2 is 1.48 bits per heavy atom. The van der Waals surface area contributed by atoms with Gasteiger partial charge in [0.15, 0.2) is 0 Å². The largest absolute Gasteiger partial charge is 0.342 e. The Kier molecular flexibility index (Phi) is 5.94. The molecule has 33 heavy (non-hydrogen) atoms. The molecule has 3 aliphatic rings. The summed E-state index contributed by atoms with van der Waals surface area (Å²) in [5.41, 5.74) is 0.203. The van der Waals surface area contributed by atoms with Crippen LogP contribution in [0.4, 0.5) is 14.5 Å². The highest BCUT2D eigenvalue weighted by Crippen LogP contribution is 2.56. The van der Waals surface area contributed by atoms with Crippen molar-refractivity contribution < 1.29 is 18.4 Å². The number of halogens is 2. The summed E-state index contributed by atoms with van der Waals surface area (Å²) in [7, 11) is 0. The van der Waals surface area contributed by atoms with Crippen molar-refractivity contribution in [2.75, 3.05) is 18.4 Å². The van der Waals surface area contributed by atoms with Gasteiger partial charge in [-0.25, -0.2) is 8.78 Å². The van der Waals surface area contributed by atoms with E-state index in [-0.39, 0.29) is 29.3 Å². The molecule has 2 aromatic carbocycles. The fraction of sp³-hybridized carbons (Fsp3) is 0.481. The third kappa shape index (κ3) is 4.28. The Labute approximate surface area is 193 Å². The number of rotatable bonds is 5. The van der Waals surface area contributed by atoms with Crippen LogP contribution in [0.1, 0.15) is 51.4 Å². The van der Waals surface area contributed by atoms with Gasteiger partial charge >= 0.3 is 0 Å². The molecule has 1 saturated heterocycles. The number of benzene rings is 2. The monoisotopic (exact) mass is 452 g/mol. The van der Waals surface area contributed by atoms with Crippen molar-refractivity contribution in [3.05, 3.63) is 54.1 Å². The van der Waals surface area contributed by atoms with Crippen LogP contribution in [0, 0.1) is 28.9 Å². The van der Waals surface area contributed by atoms with E-state index in [9.17, 15) is 18.4 Å². The Morgan fingerprint density at radius 3 is 2.06 bits per heavy atom. The molecule has 0 bridgehead atoms. The average Bonchev–Trinajstić information content (AvgIpc) is 3.47. The van der Waals surface area contributed by atoms with Crippen LogP contribution in [0.5, 0.6) is 0 Å². The number of carbonyl (C=O) groups excluding carboxylic acids is 2. The number of nitrogens with zero attached hydrogens (tertiary/aromatic N) is 1. The molecule has 5 rings (SSSR count). The summed E-state index contributed by atoms with van der Waals surface area (Å²) in [5.74, 6) is -1.26. The molecule has 1 aliphatic heterocycles. The molecule has 6 heteroatoms. The van der Waals surface area contributed by atoms with Gasteiger partial charge in [0.05, 0.1) is 5.41 Å². The van der Waals surface area contributed by atoms with Gasteiger partial charge in [0.2, 0.25) is 11.8 Å². The maximum atomic E-state index is 14.8. The molecule has 2 amide bonds. The van der Waals surface area contributed by atoms with Crippen LogP contribution in [0.3, 0.4) is 0 Å². The minimum atomic E-state index is -0.769. The topological polar surface area (TPSA) is 49.4 Å². The predicted molar refractivity (Wildman–Crippen MR) is 123 cm³/mol. The maximum Gasteiger partial charge on any atom is 0.231 e. The molecule has 1 N–H and O–H groups in total. The number of piperidine rings is 1. The van der Waals surface area contributed by atoms with Crippen molar-refractivity contribution in [3.63, 3.8) is 0 Å². The molecule has 0 spiro atoms. The van der Waals surface area contributed by atoms with E-state index in [1.807, 2.05) is 23.1 Å². The molecule has 2 aliphatic carbocycles. The number of likely N-dealkylation sites (tertiary alicyclic amines) is 1. The maximum absolute atomic E-state index is 14.8. The lowest BCUT2D eigenvalue weighted by atomic mass is 9.80. The molecule has 0 atom stereocenters. The molecule has 3 fully saturated rings. The summed E-state index contributed by atoms with van der Waals surface area (Å²) < 4.78 is 29.6. The van der Waals surface area contributed by atoms with Crippen molar-refractivity contribution >= 4 is 17.5 Å². The molecule has 4 nitrogen and oxygen atoms in total. The van der Waals surface area contributed by atoms with Crippen molar-refractivity contribution in [1.82, 2.24) is 4.90 Å². The first kappa shape index (κ1) is 22.1. The summed E-state index contributed by atoms with van der Waals surface area (Å²) in [6, 6.07) is 11.6. The van der Waals surface area contributed by atoms with Gasteiger partial charge in [-0.15, -0.1) is 0 Å². The highest BCUT2D eigenvalue weighted by molar-refractivity contribution is 5.98. The third-order valence-electron chi connectivity index (χ3n) is 7.92. The molecule has 0 radical (unpaired) electrons. The summed E-state index contributed by atoms with van der Waals surface area (Å²) in [4.78, 5) is 27.8. The lowest BCUT2D eigenvalue weighted by Crippen LogP contribution is -2.44. The molecule has 1 heterocycles. The van der Waals surface area contributed by atoms with E-state index in [0.717, 1.165) is 51.4 Å². The zero-order valence-electron chi connectivity index (χ0n) is 18.8. The zero-order valence-corrected chi connectivity index (χ0v) is 18.8. The number of amides is 2. The lowest BCUT2D eigenvalue weighted by molar-refractivity contribution is -0.137. The first-order valence-electron chi connectivity index (χ1n) is 12.1. The molecular weight excluding hydrogens is 422 g/mol. The Morgan fingerprint density at radius 1 is 0.879 bits per heavy atom. The normalized spacial score (nSPS) is 20.6. The second kappa shape index (κ2) is 8.88. The summed E-state index contributed by atoms with van der Waals surface area (Å²) in [6.07, 6.45) is 7.24. The van der Waals surface area contributed by atoms with E-state index in [4.69, 9.17) is 0 Å². The van der Waals surface area contributed by atoms with E-state index in [2.05, 4.69) is 5.32 Å². The van der Waals surface area contributed by atoms with Crippen molar-refractivity contribution in [1.29, 1.82) is 0 Å².